The van der Waals surface area contributed by atoms with Gasteiger partial charge in [0.2, 0.25) is 5.89 Å². The first-order chi connectivity index (χ1) is 12.5. The van der Waals surface area contributed by atoms with Crippen LogP contribution in [0.4, 0.5) is 8.78 Å². The van der Waals surface area contributed by atoms with Crippen LogP contribution in [0.25, 0.3) is 11.5 Å². The van der Waals surface area contributed by atoms with Crippen LogP contribution < -0.4 is 4.74 Å². The summed E-state index contributed by atoms with van der Waals surface area (Å²) in [6, 6.07) is 11.2. The van der Waals surface area contributed by atoms with Crippen molar-refractivity contribution in [2.24, 2.45) is 0 Å². The molecule has 6 nitrogen and oxygen atoms in total. The number of rotatable bonds is 6. The van der Waals surface area contributed by atoms with Crippen LogP contribution in [-0.2, 0) is 9.53 Å². The van der Waals surface area contributed by atoms with Crippen LogP contribution in [0.2, 0.25) is 0 Å². The summed E-state index contributed by atoms with van der Waals surface area (Å²) < 4.78 is 42.0. The van der Waals surface area contributed by atoms with Crippen molar-refractivity contribution in [2.45, 2.75) is 13.0 Å². The molecule has 1 aromatic heterocycles. The lowest BCUT2D eigenvalue weighted by Gasteiger charge is -2.10. The smallest absolute Gasteiger partial charge is 0.344 e. The van der Waals surface area contributed by atoms with Gasteiger partial charge in [-0.15, -0.1) is 10.2 Å². The lowest BCUT2D eigenvalue weighted by molar-refractivity contribution is -0.152. The number of esters is 1. The summed E-state index contributed by atoms with van der Waals surface area (Å²) in [4.78, 5) is 11.8. The molecule has 0 spiro atoms. The molecule has 0 unspecified atom stereocenters. The van der Waals surface area contributed by atoms with E-state index in [0.717, 1.165) is 0 Å². The molecule has 0 saturated heterocycles. The predicted molar refractivity (Wildman–Crippen MR) is 86.1 cm³/mol. The molecule has 0 aliphatic heterocycles. The minimum absolute atomic E-state index is 0.0477. The van der Waals surface area contributed by atoms with Gasteiger partial charge in [0.05, 0.1) is 0 Å². The third-order valence-corrected chi connectivity index (χ3v) is 3.37. The summed E-state index contributed by atoms with van der Waals surface area (Å²) in [5.74, 6) is -1.48. The molecular formula is C18H14F2N2O4. The molecule has 0 N–H and O–H groups in total. The second-order valence-electron chi connectivity index (χ2n) is 5.30. The second-order valence-corrected chi connectivity index (χ2v) is 5.30. The maximum Gasteiger partial charge on any atom is 0.344 e. The maximum atomic E-state index is 13.4. The first-order valence-corrected chi connectivity index (χ1v) is 7.69. The Labute approximate surface area is 147 Å². The van der Waals surface area contributed by atoms with E-state index in [4.69, 9.17) is 13.9 Å². The van der Waals surface area contributed by atoms with Crippen molar-refractivity contribution in [2.75, 3.05) is 6.61 Å². The van der Waals surface area contributed by atoms with Crippen molar-refractivity contribution in [1.82, 2.24) is 10.2 Å². The number of aromatic nitrogens is 2. The molecule has 0 saturated carbocycles. The summed E-state index contributed by atoms with van der Waals surface area (Å²) in [7, 11) is 0. The number of benzene rings is 2. The number of carbonyl (C=O) groups excluding carboxylic acids is 1. The van der Waals surface area contributed by atoms with E-state index in [9.17, 15) is 13.6 Å². The molecule has 3 aromatic rings. The molecule has 134 valence electrons. The van der Waals surface area contributed by atoms with Gasteiger partial charge in [0.25, 0.3) is 5.89 Å². The van der Waals surface area contributed by atoms with Crippen molar-refractivity contribution in [3.63, 3.8) is 0 Å². The highest BCUT2D eigenvalue weighted by Crippen LogP contribution is 2.23. The van der Waals surface area contributed by atoms with E-state index in [1.165, 1.54) is 42.5 Å². The van der Waals surface area contributed by atoms with Gasteiger partial charge in [-0.3, -0.25) is 0 Å². The Morgan fingerprint density at radius 3 is 2.58 bits per heavy atom. The van der Waals surface area contributed by atoms with Gasteiger partial charge in [-0.05, 0) is 43.3 Å². The molecule has 0 radical (unpaired) electrons. The molecule has 0 amide bonds. The van der Waals surface area contributed by atoms with E-state index in [-0.39, 0.29) is 23.3 Å². The van der Waals surface area contributed by atoms with Crippen molar-refractivity contribution in [3.05, 3.63) is 66.1 Å². The van der Waals surface area contributed by atoms with Crippen LogP contribution in [0.15, 0.2) is 52.9 Å². The molecule has 0 fully saturated rings. The Hall–Kier alpha value is -3.29. The van der Waals surface area contributed by atoms with Gasteiger partial charge in [0, 0.05) is 5.56 Å². The summed E-state index contributed by atoms with van der Waals surface area (Å²) >= 11 is 0. The highest BCUT2D eigenvalue weighted by atomic mass is 19.1. The SMILES string of the molecule is C[C@H](OC(=O)COc1ccccc1F)c1nnc(-c2ccc(F)cc2)o1. The largest absolute Gasteiger partial charge is 0.479 e. The normalized spacial score (nSPS) is 11.8. The molecule has 0 aliphatic carbocycles. The number of para-hydroxylation sites is 1. The summed E-state index contributed by atoms with van der Waals surface area (Å²) in [5, 5.41) is 7.65. The number of halogens is 2. The molecule has 0 bridgehead atoms. The van der Waals surface area contributed by atoms with E-state index in [2.05, 4.69) is 10.2 Å². The number of nitrogens with zero attached hydrogens (tertiary/aromatic N) is 2. The van der Waals surface area contributed by atoms with Gasteiger partial charge in [0.1, 0.15) is 5.82 Å². The number of ether oxygens (including phenoxy) is 2. The molecule has 26 heavy (non-hydrogen) atoms. The van der Waals surface area contributed by atoms with Crippen LogP contribution in [0.1, 0.15) is 18.9 Å². The highest BCUT2D eigenvalue weighted by Gasteiger charge is 2.19. The lowest BCUT2D eigenvalue weighted by Crippen LogP contribution is -2.17. The molecular weight excluding hydrogens is 346 g/mol. The van der Waals surface area contributed by atoms with E-state index in [1.807, 2.05) is 0 Å². The summed E-state index contributed by atoms with van der Waals surface area (Å²) in [5.41, 5.74) is 0.534. The molecule has 1 heterocycles. The Morgan fingerprint density at radius 2 is 1.85 bits per heavy atom. The van der Waals surface area contributed by atoms with E-state index < -0.39 is 24.5 Å². The topological polar surface area (TPSA) is 74.5 Å². The van der Waals surface area contributed by atoms with Gasteiger partial charge in [0.15, 0.2) is 24.3 Å². The van der Waals surface area contributed by atoms with Crippen LogP contribution in [0.5, 0.6) is 5.75 Å². The first kappa shape index (κ1) is 17.5. The van der Waals surface area contributed by atoms with Crippen LogP contribution in [-0.4, -0.2) is 22.8 Å². The van der Waals surface area contributed by atoms with Gasteiger partial charge >= 0.3 is 5.97 Å². The van der Waals surface area contributed by atoms with Gasteiger partial charge in [-0.2, -0.15) is 0 Å². The fraction of sp³-hybridized carbons (Fsp3) is 0.167. The average molecular weight is 360 g/mol. The minimum atomic E-state index is -0.826. The standard InChI is InChI=1S/C18H14F2N2O4/c1-11(25-16(23)10-24-15-5-3-2-4-14(15)20)17-21-22-18(26-17)12-6-8-13(19)9-7-12/h2-9,11H,10H2,1H3/t11-/m0/s1. The average Bonchev–Trinajstić information content (AvgIpc) is 3.12. The van der Waals surface area contributed by atoms with Crippen molar-refractivity contribution < 1.29 is 27.5 Å². The zero-order valence-electron chi connectivity index (χ0n) is 13.7. The third-order valence-electron chi connectivity index (χ3n) is 3.37. The van der Waals surface area contributed by atoms with Gasteiger partial charge in [-0.1, -0.05) is 12.1 Å². The zero-order chi connectivity index (χ0) is 18.5. The number of carbonyl (C=O) groups is 1. The maximum absolute atomic E-state index is 13.4. The Bertz CT molecular complexity index is 896. The summed E-state index contributed by atoms with van der Waals surface area (Å²) in [6.07, 6.45) is -0.826. The van der Waals surface area contributed by atoms with Gasteiger partial charge < -0.3 is 13.9 Å². The Kier molecular flexibility index (Phi) is 5.21. The Balaban J connectivity index is 1.58. The van der Waals surface area contributed by atoms with Crippen molar-refractivity contribution in [3.8, 4) is 17.2 Å². The summed E-state index contributed by atoms with van der Waals surface area (Å²) in [6.45, 7) is 1.08. The lowest BCUT2D eigenvalue weighted by atomic mass is 10.2. The molecule has 8 heteroatoms. The van der Waals surface area contributed by atoms with E-state index >= 15 is 0 Å². The Morgan fingerprint density at radius 1 is 1.12 bits per heavy atom. The fourth-order valence-electron chi connectivity index (χ4n) is 2.09. The third kappa shape index (κ3) is 4.21. The minimum Gasteiger partial charge on any atom is -0.479 e. The molecule has 0 aliphatic rings. The highest BCUT2D eigenvalue weighted by molar-refractivity contribution is 5.71. The monoisotopic (exact) mass is 360 g/mol. The number of hydrogen-bond acceptors (Lipinski definition) is 6. The van der Waals surface area contributed by atoms with Crippen LogP contribution in [0, 0.1) is 11.6 Å². The van der Waals surface area contributed by atoms with Gasteiger partial charge in [-0.25, -0.2) is 13.6 Å². The fourth-order valence-corrected chi connectivity index (χ4v) is 2.09. The van der Waals surface area contributed by atoms with Crippen molar-refractivity contribution >= 4 is 5.97 Å². The molecule has 1 atom stereocenters. The van der Waals surface area contributed by atoms with Crippen molar-refractivity contribution in [1.29, 1.82) is 0 Å². The molecule has 2 aromatic carbocycles. The van der Waals surface area contributed by atoms with E-state index in [1.54, 1.807) is 13.0 Å². The predicted octanol–water partition coefficient (Wildman–Crippen LogP) is 3.70. The molecule has 3 rings (SSSR count). The van der Waals surface area contributed by atoms with Crippen LogP contribution in [0.3, 0.4) is 0 Å². The first-order valence-electron chi connectivity index (χ1n) is 7.69. The number of hydrogen-bond donors (Lipinski definition) is 0. The zero-order valence-corrected chi connectivity index (χ0v) is 13.7. The quantitative estimate of drug-likeness (QED) is 0.624. The van der Waals surface area contributed by atoms with E-state index in [0.29, 0.717) is 5.56 Å². The van der Waals surface area contributed by atoms with Crippen LogP contribution >= 0.6 is 0 Å². The second kappa shape index (κ2) is 7.73.